The minimum absolute atomic E-state index is 0. The Balaban J connectivity index is 0.00000225. The zero-order chi connectivity index (χ0) is 11.1. The molecule has 0 aliphatic rings. The number of nitrogens with zero attached hydrogens (tertiary/aromatic N) is 2. The molecule has 0 spiro atoms. The van der Waals surface area contributed by atoms with Crippen molar-refractivity contribution in [3.05, 3.63) is 23.8 Å². The third kappa shape index (κ3) is 6.17. The fourth-order valence-corrected chi connectivity index (χ4v) is 1.62. The summed E-state index contributed by atoms with van der Waals surface area (Å²) >= 11 is 0.886. The van der Waals surface area contributed by atoms with Gasteiger partial charge in [-0.1, -0.05) is 0 Å². The topological polar surface area (TPSA) is 72.0 Å². The lowest BCUT2D eigenvalue weighted by atomic mass is 10.2. The van der Waals surface area contributed by atoms with Crippen molar-refractivity contribution in [1.82, 2.24) is 9.97 Å². The van der Waals surface area contributed by atoms with Crippen LogP contribution < -0.4 is 5.73 Å². The van der Waals surface area contributed by atoms with Gasteiger partial charge in [0.2, 0.25) is 0 Å². The fourth-order valence-electron chi connectivity index (χ4n) is 1.07. The monoisotopic (exact) mass is 263 g/mol. The van der Waals surface area contributed by atoms with Crippen LogP contribution in [0.1, 0.15) is 24.7 Å². The molecule has 3 N–H and O–H groups in total. The van der Waals surface area contributed by atoms with Gasteiger partial charge in [0.25, 0.3) is 0 Å². The van der Waals surface area contributed by atoms with Gasteiger partial charge in [0, 0.05) is 18.1 Å². The quantitative estimate of drug-likeness (QED) is 0.556. The molecule has 0 radical (unpaired) electrons. The Hall–Kier alpha value is -0.490. The average Bonchev–Trinajstić information content (AvgIpc) is 2.25. The van der Waals surface area contributed by atoms with Gasteiger partial charge in [-0.2, -0.15) is 11.4 Å². The lowest BCUT2D eigenvalue weighted by Gasteiger charge is -2.00. The molecule has 1 rings (SSSR count). The van der Waals surface area contributed by atoms with Crippen LogP contribution in [0.3, 0.4) is 0 Å². The second-order valence-electron chi connectivity index (χ2n) is 3.25. The van der Waals surface area contributed by atoms with Gasteiger partial charge in [-0.3, -0.25) is 9.97 Å². The number of hydrogen-bond donors (Lipinski definition) is 3. The van der Waals surface area contributed by atoms with Gasteiger partial charge in [0.05, 0.1) is 16.4 Å². The average molecular weight is 264 g/mol. The van der Waals surface area contributed by atoms with E-state index in [9.17, 15) is 0 Å². The summed E-state index contributed by atoms with van der Waals surface area (Å²) in [5, 5.41) is 9.43. The van der Waals surface area contributed by atoms with E-state index in [2.05, 4.69) is 9.97 Å². The van der Waals surface area contributed by atoms with Crippen LogP contribution in [0.5, 0.6) is 0 Å². The molecular weight excluding hydrogens is 246 g/mol. The van der Waals surface area contributed by atoms with Gasteiger partial charge in [0.1, 0.15) is 0 Å². The summed E-state index contributed by atoms with van der Waals surface area (Å²) in [5.74, 6) is 0.715. The molecular formula is C10H18ClN3OS. The molecule has 4 nitrogen and oxygen atoms in total. The Morgan fingerprint density at radius 3 is 2.50 bits per heavy atom. The van der Waals surface area contributed by atoms with Crippen molar-refractivity contribution in [1.29, 1.82) is 0 Å². The standard InChI is InChI=1S/C10H17N3OS.ClH/c1-8(14)15-7-10-6-12-9(5-13-10)3-2-4-11;/h5-6,14-15H,2-4,7,11H2,1H3;1H. The summed E-state index contributed by atoms with van der Waals surface area (Å²) < 4.78 is 0. The van der Waals surface area contributed by atoms with Crippen LogP contribution in [-0.4, -0.2) is 26.7 Å². The minimum atomic E-state index is 0. The number of aliphatic hydroxyl groups excluding tert-OH is 1. The second-order valence-corrected chi connectivity index (χ2v) is 4.53. The summed E-state index contributed by atoms with van der Waals surface area (Å²) in [6.07, 6.45) is 5.37. The van der Waals surface area contributed by atoms with E-state index in [1.807, 2.05) is 0 Å². The highest BCUT2D eigenvalue weighted by Crippen LogP contribution is 2.04. The lowest BCUT2D eigenvalue weighted by molar-refractivity contribution is 0.564. The Labute approximate surface area is 106 Å². The van der Waals surface area contributed by atoms with E-state index < -0.39 is 0 Å². The van der Waals surface area contributed by atoms with Crippen molar-refractivity contribution in [2.45, 2.75) is 25.5 Å². The number of aryl methyl sites for hydroxylation is 1. The lowest BCUT2D eigenvalue weighted by Crippen LogP contribution is -2.02. The summed E-state index contributed by atoms with van der Waals surface area (Å²) in [7, 11) is 0. The van der Waals surface area contributed by atoms with E-state index >= 15 is 0 Å². The van der Waals surface area contributed by atoms with Crippen LogP contribution in [0, 0.1) is 0 Å². The molecule has 1 aromatic heterocycles. The number of halogens is 1. The molecule has 0 bridgehead atoms. The highest BCUT2D eigenvalue weighted by molar-refractivity contribution is 7.97. The number of aromatic nitrogens is 2. The van der Waals surface area contributed by atoms with Gasteiger partial charge in [-0.25, -0.2) is 0 Å². The fraction of sp³-hybridized carbons (Fsp3) is 0.500. The Morgan fingerprint density at radius 2 is 2.00 bits per heavy atom. The van der Waals surface area contributed by atoms with Gasteiger partial charge in [0.15, 0.2) is 0 Å². The third-order valence-electron chi connectivity index (χ3n) is 1.87. The molecule has 0 unspecified atom stereocenters. The van der Waals surface area contributed by atoms with E-state index in [1.54, 1.807) is 19.3 Å². The van der Waals surface area contributed by atoms with Gasteiger partial charge < -0.3 is 10.8 Å². The first-order valence-corrected chi connectivity index (χ1v) is 6.00. The Morgan fingerprint density at radius 1 is 1.38 bits per heavy atom. The number of nitrogens with two attached hydrogens (primary N) is 1. The maximum Gasteiger partial charge on any atom is 0.0679 e. The highest BCUT2D eigenvalue weighted by atomic mass is 35.5. The summed E-state index contributed by atoms with van der Waals surface area (Å²) in [5.41, 5.74) is 7.29. The first-order valence-electron chi connectivity index (χ1n) is 4.92. The van der Waals surface area contributed by atoms with Crippen molar-refractivity contribution in [2.75, 3.05) is 6.54 Å². The van der Waals surface area contributed by atoms with Crippen LogP contribution in [0.4, 0.5) is 0 Å². The Kier molecular flexibility index (Phi) is 8.37. The van der Waals surface area contributed by atoms with Crippen LogP contribution in [-0.2, 0) is 12.2 Å². The van der Waals surface area contributed by atoms with Crippen molar-refractivity contribution in [3.63, 3.8) is 0 Å². The van der Waals surface area contributed by atoms with Crippen molar-refractivity contribution in [2.24, 2.45) is 5.73 Å². The summed E-state index contributed by atoms with van der Waals surface area (Å²) in [4.78, 5) is 8.55. The molecule has 0 saturated heterocycles. The number of rotatable bonds is 5. The van der Waals surface area contributed by atoms with Crippen molar-refractivity contribution in [3.8, 4) is 0 Å². The smallest absolute Gasteiger partial charge is 0.0679 e. The molecule has 0 aliphatic heterocycles. The molecule has 0 atom stereocenters. The minimum Gasteiger partial charge on any atom is -0.360 e. The largest absolute Gasteiger partial charge is 0.360 e. The molecule has 6 heteroatoms. The predicted molar refractivity (Wildman–Crippen MR) is 72.7 cm³/mol. The molecule has 0 fully saturated rings. The van der Waals surface area contributed by atoms with Gasteiger partial charge in [-0.05, 0) is 26.3 Å². The van der Waals surface area contributed by atoms with Crippen LogP contribution in [0.2, 0.25) is 0 Å². The second kappa shape index (κ2) is 8.64. The van der Waals surface area contributed by atoms with E-state index in [-0.39, 0.29) is 12.4 Å². The molecule has 0 saturated carbocycles. The predicted octanol–water partition coefficient (Wildman–Crippen LogP) is 1.46. The first-order chi connectivity index (χ1) is 7.22. The zero-order valence-electron chi connectivity index (χ0n) is 9.26. The normalized spacial score (nSPS) is 11.6. The van der Waals surface area contributed by atoms with Crippen LogP contribution in [0.25, 0.3) is 0 Å². The van der Waals surface area contributed by atoms with E-state index in [0.717, 1.165) is 35.6 Å². The van der Waals surface area contributed by atoms with Crippen molar-refractivity contribution < 1.29 is 5.11 Å². The maximum absolute atomic E-state index is 9.03. The van der Waals surface area contributed by atoms with E-state index in [4.69, 9.17) is 10.8 Å². The van der Waals surface area contributed by atoms with E-state index in [0.29, 0.717) is 17.3 Å². The molecule has 1 heterocycles. The number of aliphatic hydroxyl groups is 1. The summed E-state index contributed by atoms with van der Waals surface area (Å²) in [6.45, 7) is 2.37. The van der Waals surface area contributed by atoms with Crippen LogP contribution in [0.15, 0.2) is 12.4 Å². The third-order valence-corrected chi connectivity index (χ3v) is 2.81. The zero-order valence-corrected chi connectivity index (χ0v) is 11.0. The highest BCUT2D eigenvalue weighted by Gasteiger charge is 1.96. The van der Waals surface area contributed by atoms with E-state index in [1.165, 1.54) is 0 Å². The molecule has 0 amide bonds. The number of hydrogen-bond acceptors (Lipinski definition) is 3. The van der Waals surface area contributed by atoms with Gasteiger partial charge in [-0.15, -0.1) is 12.4 Å². The molecule has 92 valence electrons. The Bertz CT molecular complexity index is 325. The molecule has 16 heavy (non-hydrogen) atoms. The van der Waals surface area contributed by atoms with Crippen LogP contribution >= 0.6 is 23.8 Å². The maximum atomic E-state index is 9.03. The molecule has 1 aromatic rings. The van der Waals surface area contributed by atoms with Gasteiger partial charge >= 0.3 is 0 Å². The SMILES string of the molecule is CC(O)=[SH]Cc1cnc(CCCN)cn1.Cl. The van der Waals surface area contributed by atoms with Crippen molar-refractivity contribution >= 4 is 28.8 Å². The first kappa shape index (κ1) is 15.5. The number of thiol groups is 1. The molecule has 0 aliphatic carbocycles. The molecule has 0 aromatic carbocycles. The summed E-state index contributed by atoms with van der Waals surface area (Å²) in [6, 6.07) is 0.